The van der Waals surface area contributed by atoms with Gasteiger partial charge in [-0.1, -0.05) is 13.0 Å². The number of halogens is 1. The lowest BCUT2D eigenvalue weighted by Crippen LogP contribution is -2.48. The third-order valence-electron chi connectivity index (χ3n) is 6.35. The zero-order valence-corrected chi connectivity index (χ0v) is 20.8. The Morgan fingerprint density at radius 3 is 2.86 bits per heavy atom. The number of fused-ring (bicyclic) bond motifs is 2. The molecule has 2 aliphatic rings. The molecule has 36 heavy (non-hydrogen) atoms. The predicted octanol–water partition coefficient (Wildman–Crippen LogP) is 4.67. The Balaban J connectivity index is 1.33. The van der Waals surface area contributed by atoms with E-state index in [-0.39, 0.29) is 43.6 Å². The molecule has 188 valence electrons. The van der Waals surface area contributed by atoms with Crippen LogP contribution in [0.15, 0.2) is 53.9 Å². The number of amides is 2. The molecule has 0 N–H and O–H groups in total. The first-order valence-electron chi connectivity index (χ1n) is 12.0. The van der Waals surface area contributed by atoms with Gasteiger partial charge in [-0.15, -0.1) is 11.3 Å². The van der Waals surface area contributed by atoms with E-state index in [1.807, 2.05) is 18.4 Å². The molecule has 0 radical (unpaired) electrons. The quantitative estimate of drug-likeness (QED) is 0.441. The van der Waals surface area contributed by atoms with Gasteiger partial charge >= 0.3 is 0 Å². The van der Waals surface area contributed by atoms with E-state index >= 15 is 0 Å². The molecule has 0 bridgehead atoms. The highest BCUT2D eigenvalue weighted by Gasteiger charge is 2.33. The highest BCUT2D eigenvalue weighted by atomic mass is 32.1. The minimum Gasteiger partial charge on any atom is -0.491 e. The lowest BCUT2D eigenvalue weighted by molar-refractivity contribution is -0.135. The average Bonchev–Trinajstić information content (AvgIpc) is 3.55. The molecule has 7 nitrogen and oxygen atoms in total. The number of hydrogen-bond acceptors (Lipinski definition) is 6. The van der Waals surface area contributed by atoms with Gasteiger partial charge in [0.05, 0.1) is 6.04 Å². The van der Waals surface area contributed by atoms with Gasteiger partial charge in [0.1, 0.15) is 24.7 Å². The van der Waals surface area contributed by atoms with Gasteiger partial charge in [-0.2, -0.15) is 0 Å². The van der Waals surface area contributed by atoms with Crippen molar-refractivity contribution in [2.75, 3.05) is 33.0 Å². The van der Waals surface area contributed by atoms with E-state index in [0.29, 0.717) is 42.3 Å². The van der Waals surface area contributed by atoms with Crippen LogP contribution in [0.5, 0.6) is 17.2 Å². The van der Waals surface area contributed by atoms with Crippen molar-refractivity contribution in [3.63, 3.8) is 0 Å². The SMILES string of the molecule is CCCN(CC(=O)N1CCc2sccc2C1COc1cccc(F)c1)C(=O)c1ccc2c(c1)OCO2. The van der Waals surface area contributed by atoms with Crippen molar-refractivity contribution in [2.24, 2.45) is 0 Å². The van der Waals surface area contributed by atoms with Crippen LogP contribution < -0.4 is 14.2 Å². The first-order chi connectivity index (χ1) is 17.5. The van der Waals surface area contributed by atoms with Crippen molar-refractivity contribution in [1.82, 2.24) is 9.80 Å². The molecular formula is C27H27FN2O5S. The van der Waals surface area contributed by atoms with E-state index < -0.39 is 0 Å². The molecule has 2 aliphatic heterocycles. The second-order valence-electron chi connectivity index (χ2n) is 8.72. The number of carbonyl (C=O) groups is 2. The Kier molecular flexibility index (Phi) is 7.09. The Hall–Kier alpha value is -3.59. The summed E-state index contributed by atoms with van der Waals surface area (Å²) in [6.45, 7) is 3.23. The van der Waals surface area contributed by atoms with Crippen LogP contribution in [0.3, 0.4) is 0 Å². The van der Waals surface area contributed by atoms with Gasteiger partial charge in [0.15, 0.2) is 11.5 Å². The third kappa shape index (κ3) is 5.02. The van der Waals surface area contributed by atoms with Crippen LogP contribution in [-0.2, 0) is 11.2 Å². The summed E-state index contributed by atoms with van der Waals surface area (Å²) in [7, 11) is 0. The molecular weight excluding hydrogens is 483 g/mol. The molecule has 3 aromatic rings. The topological polar surface area (TPSA) is 68.3 Å². The Morgan fingerprint density at radius 2 is 2.03 bits per heavy atom. The summed E-state index contributed by atoms with van der Waals surface area (Å²) in [5.41, 5.74) is 1.49. The van der Waals surface area contributed by atoms with E-state index in [2.05, 4.69) is 0 Å². The van der Waals surface area contributed by atoms with Crippen molar-refractivity contribution in [3.8, 4) is 17.2 Å². The number of ether oxygens (including phenoxy) is 3. The summed E-state index contributed by atoms with van der Waals surface area (Å²) in [6.07, 6.45) is 1.46. The normalized spacial score (nSPS) is 15.9. The van der Waals surface area contributed by atoms with E-state index in [0.717, 1.165) is 12.0 Å². The van der Waals surface area contributed by atoms with Crippen molar-refractivity contribution in [3.05, 3.63) is 75.7 Å². The highest BCUT2D eigenvalue weighted by Crippen LogP contribution is 2.35. The maximum Gasteiger partial charge on any atom is 0.254 e. The number of hydrogen-bond donors (Lipinski definition) is 0. The summed E-state index contributed by atoms with van der Waals surface area (Å²) in [5.74, 6) is 0.782. The molecule has 0 spiro atoms. The zero-order chi connectivity index (χ0) is 25.1. The molecule has 0 saturated carbocycles. The third-order valence-corrected chi connectivity index (χ3v) is 7.34. The molecule has 3 heterocycles. The fourth-order valence-corrected chi connectivity index (χ4v) is 5.52. The fraction of sp³-hybridized carbons (Fsp3) is 0.333. The molecule has 0 aliphatic carbocycles. The fourth-order valence-electron chi connectivity index (χ4n) is 4.60. The molecule has 0 fully saturated rings. The lowest BCUT2D eigenvalue weighted by atomic mass is 10.0. The number of thiophene rings is 1. The lowest BCUT2D eigenvalue weighted by Gasteiger charge is -2.37. The Bertz CT molecular complexity index is 1260. The first kappa shape index (κ1) is 24.1. The molecule has 1 aromatic heterocycles. The predicted molar refractivity (Wildman–Crippen MR) is 133 cm³/mol. The van der Waals surface area contributed by atoms with Crippen LogP contribution >= 0.6 is 11.3 Å². The van der Waals surface area contributed by atoms with Crippen LogP contribution in [0.4, 0.5) is 4.39 Å². The van der Waals surface area contributed by atoms with Crippen LogP contribution in [0.25, 0.3) is 0 Å². The summed E-state index contributed by atoms with van der Waals surface area (Å²) in [6, 6.07) is 12.7. The van der Waals surface area contributed by atoms with Gasteiger partial charge < -0.3 is 24.0 Å². The van der Waals surface area contributed by atoms with Gasteiger partial charge in [0.25, 0.3) is 5.91 Å². The van der Waals surface area contributed by atoms with Gasteiger partial charge in [-0.25, -0.2) is 4.39 Å². The van der Waals surface area contributed by atoms with E-state index in [1.165, 1.54) is 17.0 Å². The van der Waals surface area contributed by atoms with Crippen LogP contribution in [0, 0.1) is 5.82 Å². The van der Waals surface area contributed by atoms with Gasteiger partial charge in [-0.05, 0) is 60.2 Å². The maximum atomic E-state index is 13.6. The Labute approximate surface area is 213 Å². The van der Waals surface area contributed by atoms with Crippen LogP contribution in [-0.4, -0.2) is 54.6 Å². The van der Waals surface area contributed by atoms with Crippen molar-refractivity contribution in [2.45, 2.75) is 25.8 Å². The summed E-state index contributed by atoms with van der Waals surface area (Å²) >= 11 is 1.66. The van der Waals surface area contributed by atoms with E-state index in [9.17, 15) is 14.0 Å². The Morgan fingerprint density at radius 1 is 1.17 bits per heavy atom. The summed E-state index contributed by atoms with van der Waals surface area (Å²) in [4.78, 5) is 31.5. The molecule has 2 aromatic carbocycles. The highest BCUT2D eigenvalue weighted by molar-refractivity contribution is 7.10. The van der Waals surface area contributed by atoms with Crippen molar-refractivity contribution in [1.29, 1.82) is 0 Å². The van der Waals surface area contributed by atoms with Gasteiger partial charge in [0, 0.05) is 29.6 Å². The maximum absolute atomic E-state index is 13.6. The van der Waals surface area contributed by atoms with Crippen LogP contribution in [0.1, 0.15) is 40.2 Å². The van der Waals surface area contributed by atoms with Crippen molar-refractivity contribution < 1.29 is 28.2 Å². The second kappa shape index (κ2) is 10.6. The monoisotopic (exact) mass is 510 g/mol. The smallest absolute Gasteiger partial charge is 0.254 e. The molecule has 1 unspecified atom stereocenters. The largest absolute Gasteiger partial charge is 0.491 e. The van der Waals surface area contributed by atoms with Crippen LogP contribution in [0.2, 0.25) is 0 Å². The number of carbonyl (C=O) groups excluding carboxylic acids is 2. The summed E-state index contributed by atoms with van der Waals surface area (Å²) < 4.78 is 30.3. The molecule has 9 heteroatoms. The number of nitrogens with zero attached hydrogens (tertiary/aromatic N) is 2. The van der Waals surface area contributed by atoms with Gasteiger partial charge in [0.2, 0.25) is 12.7 Å². The minimum absolute atomic E-state index is 0.0446. The molecule has 1 atom stereocenters. The molecule has 2 amide bonds. The molecule has 0 saturated heterocycles. The second-order valence-corrected chi connectivity index (χ2v) is 9.72. The first-order valence-corrected chi connectivity index (χ1v) is 12.8. The zero-order valence-electron chi connectivity index (χ0n) is 19.9. The van der Waals surface area contributed by atoms with Crippen molar-refractivity contribution >= 4 is 23.2 Å². The number of rotatable bonds is 8. The van der Waals surface area contributed by atoms with Gasteiger partial charge in [-0.3, -0.25) is 9.59 Å². The van der Waals surface area contributed by atoms with E-state index in [1.54, 1.807) is 51.5 Å². The number of benzene rings is 2. The minimum atomic E-state index is -0.377. The van der Waals surface area contributed by atoms with E-state index in [4.69, 9.17) is 14.2 Å². The summed E-state index contributed by atoms with van der Waals surface area (Å²) in [5, 5.41) is 2.01. The molecule has 5 rings (SSSR count). The standard InChI is InChI=1S/C27H27FN2O5S/c1-2-10-29(27(32)18-6-7-23-24(13-18)35-17-34-23)15-26(31)30-11-8-25-21(9-12-36-25)22(30)16-33-20-5-3-4-19(28)14-20/h3-7,9,12-14,22H,2,8,10-11,15-17H2,1H3. The average molecular weight is 511 g/mol.